The van der Waals surface area contributed by atoms with E-state index in [1.165, 1.54) is 18.6 Å². The summed E-state index contributed by atoms with van der Waals surface area (Å²) in [6.45, 7) is 0.896. The fourth-order valence-corrected chi connectivity index (χ4v) is 3.65. The Bertz CT molecular complexity index is 1040. The summed E-state index contributed by atoms with van der Waals surface area (Å²) in [5.74, 6) is 1.44. The van der Waals surface area contributed by atoms with Crippen LogP contribution in [0.4, 0.5) is 18.9 Å². The smallest absolute Gasteiger partial charge is 0.326 e. The summed E-state index contributed by atoms with van der Waals surface area (Å²) >= 11 is 0. The first-order valence-corrected chi connectivity index (χ1v) is 9.89. The van der Waals surface area contributed by atoms with Crippen LogP contribution in [0.25, 0.3) is 11.4 Å². The summed E-state index contributed by atoms with van der Waals surface area (Å²) in [4.78, 5) is 12.3. The van der Waals surface area contributed by atoms with Crippen molar-refractivity contribution in [1.29, 1.82) is 0 Å². The zero-order valence-corrected chi connectivity index (χ0v) is 16.2. The first kappa shape index (κ1) is 20.1. The zero-order chi connectivity index (χ0) is 21.1. The Morgan fingerprint density at radius 2 is 1.83 bits per heavy atom. The topological polar surface area (TPSA) is 59.8 Å². The molecule has 1 aliphatic rings. The van der Waals surface area contributed by atoms with Gasteiger partial charge in [-0.25, -0.2) is 0 Å². The van der Waals surface area contributed by atoms with E-state index in [9.17, 15) is 18.0 Å². The number of fused-ring (bicyclic) bond motifs is 1. The van der Waals surface area contributed by atoms with Gasteiger partial charge in [-0.05, 0) is 48.7 Å². The highest BCUT2D eigenvalue weighted by Crippen LogP contribution is 2.29. The van der Waals surface area contributed by atoms with E-state index >= 15 is 0 Å². The number of alkyl halides is 3. The second kappa shape index (κ2) is 8.30. The van der Waals surface area contributed by atoms with Crippen LogP contribution in [0.15, 0.2) is 48.5 Å². The van der Waals surface area contributed by atoms with E-state index in [4.69, 9.17) is 0 Å². The molecule has 3 aromatic rings. The van der Waals surface area contributed by atoms with Crippen molar-refractivity contribution in [2.45, 2.75) is 44.8 Å². The van der Waals surface area contributed by atoms with Gasteiger partial charge in [0.2, 0.25) is 5.91 Å². The number of halogens is 3. The van der Waals surface area contributed by atoms with E-state index in [0.717, 1.165) is 55.2 Å². The molecule has 5 nitrogen and oxygen atoms in total. The van der Waals surface area contributed by atoms with E-state index in [2.05, 4.69) is 20.1 Å². The standard InChI is InChI=1S/C22H21F3N4O/c23-22(24,25)17-6-4-5-15(13-17)14-20(30)26-18-10-8-16(9-11-18)21-28-27-19-7-2-1-3-12-29(19)21/h4-6,8-11,13H,1-3,7,12,14H2,(H,26,30). The van der Waals surface area contributed by atoms with Crippen molar-refractivity contribution >= 4 is 11.6 Å². The molecule has 30 heavy (non-hydrogen) atoms. The molecule has 0 unspecified atom stereocenters. The van der Waals surface area contributed by atoms with Gasteiger partial charge in [0, 0.05) is 24.2 Å². The van der Waals surface area contributed by atoms with Crippen LogP contribution in [0, 0.1) is 0 Å². The Hall–Kier alpha value is -3.16. The van der Waals surface area contributed by atoms with Gasteiger partial charge in [-0.2, -0.15) is 13.2 Å². The average molecular weight is 414 g/mol. The molecule has 0 bridgehead atoms. The van der Waals surface area contributed by atoms with Crippen LogP contribution in [-0.2, 0) is 30.4 Å². The first-order valence-electron chi connectivity index (χ1n) is 9.89. The summed E-state index contributed by atoms with van der Waals surface area (Å²) in [5.41, 5.74) is 1.03. The highest BCUT2D eigenvalue weighted by atomic mass is 19.4. The summed E-state index contributed by atoms with van der Waals surface area (Å²) in [6, 6.07) is 12.1. The lowest BCUT2D eigenvalue weighted by molar-refractivity contribution is -0.137. The summed E-state index contributed by atoms with van der Waals surface area (Å²) < 4.78 is 40.6. The quantitative estimate of drug-likeness (QED) is 0.663. The molecule has 2 heterocycles. The third-order valence-corrected chi connectivity index (χ3v) is 5.16. The zero-order valence-electron chi connectivity index (χ0n) is 16.2. The third-order valence-electron chi connectivity index (χ3n) is 5.16. The Kier molecular flexibility index (Phi) is 5.57. The molecule has 0 atom stereocenters. The molecule has 0 fully saturated rings. The summed E-state index contributed by atoms with van der Waals surface area (Å²) in [5, 5.41) is 11.3. The molecule has 1 N–H and O–H groups in total. The SMILES string of the molecule is O=C(Cc1cccc(C(F)(F)F)c1)Nc1ccc(-c2nnc3n2CCCCC3)cc1. The number of carbonyl (C=O) groups excluding carboxylic acids is 1. The molecule has 2 aromatic carbocycles. The lowest BCUT2D eigenvalue weighted by Crippen LogP contribution is -2.15. The van der Waals surface area contributed by atoms with Gasteiger partial charge in [0.15, 0.2) is 5.82 Å². The number of aryl methyl sites for hydroxylation is 1. The predicted molar refractivity (Wildman–Crippen MR) is 107 cm³/mol. The van der Waals surface area contributed by atoms with E-state index in [1.54, 1.807) is 12.1 Å². The Morgan fingerprint density at radius 1 is 1.03 bits per heavy atom. The van der Waals surface area contributed by atoms with E-state index < -0.39 is 11.7 Å². The minimum Gasteiger partial charge on any atom is -0.326 e. The van der Waals surface area contributed by atoms with Crippen molar-refractivity contribution in [2.24, 2.45) is 0 Å². The fourth-order valence-electron chi connectivity index (χ4n) is 3.65. The molecule has 8 heteroatoms. The highest BCUT2D eigenvalue weighted by Gasteiger charge is 2.30. The molecule has 0 saturated heterocycles. The lowest BCUT2D eigenvalue weighted by Gasteiger charge is -2.10. The van der Waals surface area contributed by atoms with Gasteiger partial charge in [-0.15, -0.1) is 10.2 Å². The van der Waals surface area contributed by atoms with Gasteiger partial charge >= 0.3 is 6.18 Å². The summed E-state index contributed by atoms with van der Waals surface area (Å²) in [7, 11) is 0. The molecule has 0 saturated carbocycles. The van der Waals surface area contributed by atoms with Crippen molar-refractivity contribution in [2.75, 3.05) is 5.32 Å². The van der Waals surface area contributed by atoms with Crippen molar-refractivity contribution in [1.82, 2.24) is 14.8 Å². The van der Waals surface area contributed by atoms with Crippen molar-refractivity contribution < 1.29 is 18.0 Å². The highest BCUT2D eigenvalue weighted by molar-refractivity contribution is 5.92. The van der Waals surface area contributed by atoms with Gasteiger partial charge in [0.25, 0.3) is 0 Å². The number of hydrogen-bond donors (Lipinski definition) is 1. The molecule has 0 aliphatic carbocycles. The Labute approximate surface area is 171 Å². The predicted octanol–water partition coefficient (Wildman–Crippen LogP) is 4.87. The maximum atomic E-state index is 12.8. The lowest BCUT2D eigenvalue weighted by atomic mass is 10.1. The van der Waals surface area contributed by atoms with Crippen LogP contribution in [0.2, 0.25) is 0 Å². The largest absolute Gasteiger partial charge is 0.416 e. The second-order valence-corrected chi connectivity index (χ2v) is 7.40. The number of aromatic nitrogens is 3. The number of nitrogens with zero attached hydrogens (tertiary/aromatic N) is 3. The van der Waals surface area contributed by atoms with Crippen LogP contribution >= 0.6 is 0 Å². The molecule has 0 radical (unpaired) electrons. The maximum Gasteiger partial charge on any atom is 0.416 e. The number of anilines is 1. The third kappa shape index (κ3) is 4.53. The molecule has 0 spiro atoms. The van der Waals surface area contributed by atoms with Gasteiger partial charge in [-0.1, -0.05) is 24.6 Å². The fraction of sp³-hybridized carbons (Fsp3) is 0.318. The van der Waals surface area contributed by atoms with E-state index in [-0.39, 0.29) is 12.3 Å². The number of benzene rings is 2. The van der Waals surface area contributed by atoms with Crippen LogP contribution < -0.4 is 5.32 Å². The second-order valence-electron chi connectivity index (χ2n) is 7.40. The molecular formula is C22H21F3N4O. The van der Waals surface area contributed by atoms with Gasteiger partial charge in [0.05, 0.1) is 12.0 Å². The van der Waals surface area contributed by atoms with Crippen molar-refractivity contribution in [3.63, 3.8) is 0 Å². The van der Waals surface area contributed by atoms with Gasteiger partial charge < -0.3 is 9.88 Å². The number of nitrogens with one attached hydrogen (secondary N) is 1. The maximum absolute atomic E-state index is 12.8. The minimum atomic E-state index is -4.43. The summed E-state index contributed by atoms with van der Waals surface area (Å²) in [6.07, 6.45) is -0.237. The van der Waals surface area contributed by atoms with Crippen LogP contribution in [0.5, 0.6) is 0 Å². The van der Waals surface area contributed by atoms with Gasteiger partial charge in [0.1, 0.15) is 5.82 Å². The molecule has 1 amide bonds. The van der Waals surface area contributed by atoms with Crippen molar-refractivity contribution in [3.8, 4) is 11.4 Å². The van der Waals surface area contributed by atoms with E-state index in [1.807, 2.05) is 12.1 Å². The van der Waals surface area contributed by atoms with E-state index in [0.29, 0.717) is 11.3 Å². The van der Waals surface area contributed by atoms with Crippen LogP contribution in [0.1, 0.15) is 36.2 Å². The monoisotopic (exact) mass is 414 g/mol. The molecule has 4 rings (SSSR count). The van der Waals surface area contributed by atoms with Crippen molar-refractivity contribution in [3.05, 3.63) is 65.5 Å². The number of amides is 1. The van der Waals surface area contributed by atoms with Crippen LogP contribution in [-0.4, -0.2) is 20.7 Å². The Morgan fingerprint density at radius 3 is 2.60 bits per heavy atom. The number of rotatable bonds is 4. The molecule has 1 aliphatic heterocycles. The number of hydrogen-bond acceptors (Lipinski definition) is 3. The normalized spacial score (nSPS) is 14.1. The van der Waals surface area contributed by atoms with Gasteiger partial charge in [-0.3, -0.25) is 4.79 Å². The van der Waals surface area contributed by atoms with Crippen LogP contribution in [0.3, 0.4) is 0 Å². The molecule has 156 valence electrons. The Balaban J connectivity index is 1.43. The molecular weight excluding hydrogens is 393 g/mol. The first-order chi connectivity index (χ1) is 14.4. The number of carbonyl (C=O) groups is 1. The average Bonchev–Trinajstić information content (AvgIpc) is 2.96. The minimum absolute atomic E-state index is 0.136. The molecule has 1 aromatic heterocycles.